The van der Waals surface area contributed by atoms with Crippen LogP contribution in [0.25, 0.3) is 0 Å². The van der Waals surface area contributed by atoms with Crippen LogP contribution in [0.3, 0.4) is 0 Å². The van der Waals surface area contributed by atoms with Crippen molar-refractivity contribution in [1.82, 2.24) is 10.2 Å². The van der Waals surface area contributed by atoms with Crippen LogP contribution in [0.2, 0.25) is 0 Å². The number of ether oxygens (including phenoxy) is 1. The summed E-state index contributed by atoms with van der Waals surface area (Å²) in [7, 11) is 1.86. The van der Waals surface area contributed by atoms with Gasteiger partial charge in [-0.3, -0.25) is 4.79 Å². The molecule has 0 saturated carbocycles. The lowest BCUT2D eigenvalue weighted by molar-refractivity contribution is -0.132. The molecule has 1 heterocycles. The van der Waals surface area contributed by atoms with E-state index in [1.165, 1.54) is 0 Å². The quantitative estimate of drug-likeness (QED) is 0.795. The summed E-state index contributed by atoms with van der Waals surface area (Å²) in [6.07, 6.45) is 1.51. The van der Waals surface area contributed by atoms with E-state index < -0.39 is 0 Å². The number of benzene rings is 1. The number of carbonyl (C=O) groups is 1. The zero-order valence-corrected chi connectivity index (χ0v) is 15.5. The van der Waals surface area contributed by atoms with Crippen molar-refractivity contribution in [2.24, 2.45) is 0 Å². The fourth-order valence-corrected chi connectivity index (χ4v) is 3.91. The van der Waals surface area contributed by atoms with Crippen LogP contribution in [-0.2, 0) is 11.3 Å². The van der Waals surface area contributed by atoms with Crippen LogP contribution in [0.1, 0.15) is 25.3 Å². The summed E-state index contributed by atoms with van der Waals surface area (Å²) in [4.78, 5) is 13.3. The van der Waals surface area contributed by atoms with Crippen molar-refractivity contribution >= 4 is 37.8 Å². The molecule has 0 bridgehead atoms. The van der Waals surface area contributed by atoms with E-state index in [9.17, 15) is 4.79 Å². The maximum Gasteiger partial charge on any atom is 0.222 e. The van der Waals surface area contributed by atoms with Crippen molar-refractivity contribution in [3.05, 3.63) is 26.6 Å². The Morgan fingerprint density at radius 2 is 2.19 bits per heavy atom. The topological polar surface area (TPSA) is 41.6 Å². The molecule has 0 aliphatic carbocycles. The predicted octanol–water partition coefficient (Wildman–Crippen LogP) is 3.32. The standard InChI is InChI=1S/C15H20Br2N2O2/c1-3-21-15-10(6-11(16)7-13(15)17)8-18-12-4-5-14(20)19(2)9-12/h6-7,12,18H,3-5,8-9H2,1-2H3. The molecule has 6 heteroatoms. The smallest absolute Gasteiger partial charge is 0.222 e. The Kier molecular flexibility index (Phi) is 6.08. The highest BCUT2D eigenvalue weighted by atomic mass is 79.9. The lowest BCUT2D eigenvalue weighted by atomic mass is 10.1. The second-order valence-electron chi connectivity index (χ2n) is 5.20. The van der Waals surface area contributed by atoms with Gasteiger partial charge in [0.1, 0.15) is 5.75 Å². The average molecular weight is 420 g/mol. The third-order valence-corrected chi connectivity index (χ3v) is 4.63. The van der Waals surface area contributed by atoms with Crippen molar-refractivity contribution in [3.8, 4) is 5.75 Å². The van der Waals surface area contributed by atoms with E-state index >= 15 is 0 Å². The minimum Gasteiger partial charge on any atom is -0.492 e. The molecule has 21 heavy (non-hydrogen) atoms. The average Bonchev–Trinajstić information content (AvgIpc) is 2.43. The number of rotatable bonds is 5. The molecule has 116 valence electrons. The Labute approximate surface area is 142 Å². The molecule has 0 aromatic heterocycles. The number of likely N-dealkylation sites (N-methyl/N-ethyl adjacent to an activating group) is 1. The number of amides is 1. The number of hydrogen-bond donors (Lipinski definition) is 1. The Morgan fingerprint density at radius 1 is 1.43 bits per heavy atom. The molecular formula is C15H20Br2N2O2. The lowest BCUT2D eigenvalue weighted by Crippen LogP contribution is -2.46. The van der Waals surface area contributed by atoms with Crippen LogP contribution in [0.15, 0.2) is 21.1 Å². The first-order valence-electron chi connectivity index (χ1n) is 7.09. The van der Waals surface area contributed by atoms with E-state index in [1.807, 2.05) is 20.0 Å². The summed E-state index contributed by atoms with van der Waals surface area (Å²) >= 11 is 7.06. The second-order valence-corrected chi connectivity index (χ2v) is 6.97. The van der Waals surface area contributed by atoms with Crippen molar-refractivity contribution in [1.29, 1.82) is 0 Å². The molecule has 1 N–H and O–H groups in total. The van der Waals surface area contributed by atoms with Crippen molar-refractivity contribution in [3.63, 3.8) is 0 Å². The Bertz CT molecular complexity index is 523. The number of likely N-dealkylation sites (tertiary alicyclic amines) is 1. The largest absolute Gasteiger partial charge is 0.492 e. The van der Waals surface area contributed by atoms with Crippen LogP contribution in [0.5, 0.6) is 5.75 Å². The number of nitrogens with one attached hydrogen (secondary N) is 1. The van der Waals surface area contributed by atoms with E-state index in [0.717, 1.165) is 39.8 Å². The number of piperidine rings is 1. The van der Waals surface area contributed by atoms with Crippen LogP contribution in [0, 0.1) is 0 Å². The van der Waals surface area contributed by atoms with Crippen LogP contribution < -0.4 is 10.1 Å². The summed E-state index contributed by atoms with van der Waals surface area (Å²) in [6.45, 7) is 4.10. The monoisotopic (exact) mass is 418 g/mol. The molecule has 1 amide bonds. The lowest BCUT2D eigenvalue weighted by Gasteiger charge is -2.30. The Morgan fingerprint density at radius 3 is 2.86 bits per heavy atom. The Balaban J connectivity index is 2.04. The van der Waals surface area contributed by atoms with Gasteiger partial charge in [0.05, 0.1) is 11.1 Å². The van der Waals surface area contributed by atoms with Crippen LogP contribution >= 0.6 is 31.9 Å². The third-order valence-electron chi connectivity index (χ3n) is 3.58. The van der Waals surface area contributed by atoms with Gasteiger partial charge >= 0.3 is 0 Å². The van der Waals surface area contributed by atoms with Crippen LogP contribution in [-0.4, -0.2) is 37.0 Å². The highest BCUT2D eigenvalue weighted by molar-refractivity contribution is 9.11. The number of carbonyl (C=O) groups excluding carboxylic acids is 1. The van der Waals surface area contributed by atoms with Gasteiger partial charge in [-0.1, -0.05) is 15.9 Å². The van der Waals surface area contributed by atoms with E-state index in [0.29, 0.717) is 19.1 Å². The SMILES string of the molecule is CCOc1c(Br)cc(Br)cc1CNC1CCC(=O)N(C)C1. The first-order chi connectivity index (χ1) is 10.0. The predicted molar refractivity (Wildman–Crippen MR) is 90.5 cm³/mol. The molecule has 1 aliphatic heterocycles. The normalized spacial score (nSPS) is 19.0. The van der Waals surface area contributed by atoms with Gasteiger partial charge in [-0.2, -0.15) is 0 Å². The molecule has 1 saturated heterocycles. The molecule has 1 atom stereocenters. The molecule has 1 aromatic carbocycles. The van der Waals surface area contributed by atoms with Crippen LogP contribution in [0.4, 0.5) is 0 Å². The van der Waals surface area contributed by atoms with Gasteiger partial charge in [-0.15, -0.1) is 0 Å². The number of halogens is 2. The van der Waals surface area contributed by atoms with Gasteiger partial charge in [-0.25, -0.2) is 0 Å². The molecule has 1 aromatic rings. The maximum absolute atomic E-state index is 11.5. The zero-order chi connectivity index (χ0) is 15.4. The summed E-state index contributed by atoms with van der Waals surface area (Å²) < 4.78 is 7.70. The van der Waals surface area contributed by atoms with Gasteiger partial charge in [0.25, 0.3) is 0 Å². The summed E-state index contributed by atoms with van der Waals surface area (Å²) in [6, 6.07) is 4.39. The van der Waals surface area contributed by atoms with Gasteiger partial charge in [-0.05, 0) is 41.4 Å². The van der Waals surface area contributed by atoms with E-state index in [-0.39, 0.29) is 5.91 Å². The summed E-state index contributed by atoms with van der Waals surface area (Å²) in [5.41, 5.74) is 1.11. The summed E-state index contributed by atoms with van der Waals surface area (Å²) in [5.74, 6) is 1.11. The minimum atomic E-state index is 0.230. The molecule has 1 aliphatic rings. The highest BCUT2D eigenvalue weighted by Gasteiger charge is 2.22. The maximum atomic E-state index is 11.5. The molecule has 1 unspecified atom stereocenters. The first-order valence-corrected chi connectivity index (χ1v) is 8.68. The minimum absolute atomic E-state index is 0.230. The fourth-order valence-electron chi connectivity index (χ4n) is 2.48. The first kappa shape index (κ1) is 16.8. The summed E-state index contributed by atoms with van der Waals surface area (Å²) in [5, 5.41) is 3.53. The third kappa shape index (κ3) is 4.44. The molecular weight excluding hydrogens is 400 g/mol. The van der Waals surface area contributed by atoms with Gasteiger partial charge in [0.15, 0.2) is 0 Å². The molecule has 2 rings (SSSR count). The highest BCUT2D eigenvalue weighted by Crippen LogP contribution is 2.33. The molecule has 1 fully saturated rings. The number of nitrogens with zero attached hydrogens (tertiary/aromatic N) is 1. The molecule has 0 radical (unpaired) electrons. The second kappa shape index (κ2) is 7.61. The molecule has 0 spiro atoms. The van der Waals surface area contributed by atoms with E-state index in [2.05, 4.69) is 43.2 Å². The fraction of sp³-hybridized carbons (Fsp3) is 0.533. The van der Waals surface area contributed by atoms with E-state index in [4.69, 9.17) is 4.74 Å². The van der Waals surface area contributed by atoms with Crippen molar-refractivity contribution in [2.75, 3.05) is 20.2 Å². The molecule has 4 nitrogen and oxygen atoms in total. The van der Waals surface area contributed by atoms with Gasteiger partial charge in [0, 0.05) is 42.6 Å². The number of hydrogen-bond acceptors (Lipinski definition) is 3. The zero-order valence-electron chi connectivity index (χ0n) is 12.3. The van der Waals surface area contributed by atoms with Crippen molar-refractivity contribution < 1.29 is 9.53 Å². The van der Waals surface area contributed by atoms with Crippen molar-refractivity contribution in [2.45, 2.75) is 32.4 Å². The van der Waals surface area contributed by atoms with Gasteiger partial charge in [0.2, 0.25) is 5.91 Å². The van der Waals surface area contributed by atoms with E-state index in [1.54, 1.807) is 4.90 Å². The Hall–Kier alpha value is -0.590. The van der Waals surface area contributed by atoms with Gasteiger partial charge < -0.3 is 15.0 Å².